The van der Waals surface area contributed by atoms with Crippen LogP contribution in [0, 0.1) is 0 Å². The fraction of sp³-hybridized carbons (Fsp3) is 0.571. The number of hydrogen-bond donors (Lipinski definition) is 1. The first kappa shape index (κ1) is 12.2. The third-order valence-corrected chi connectivity index (χ3v) is 3.04. The Morgan fingerprint density at radius 2 is 1.76 bits per heavy atom. The molecule has 0 atom stereocenters. The van der Waals surface area contributed by atoms with Gasteiger partial charge in [-0.3, -0.25) is 0 Å². The quantitative estimate of drug-likeness (QED) is 0.873. The van der Waals surface area contributed by atoms with Gasteiger partial charge in [-0.15, -0.1) is 0 Å². The Morgan fingerprint density at radius 3 is 2.29 bits per heavy atom. The molecule has 0 spiro atoms. The number of nitrogens with zero attached hydrogens (tertiary/aromatic N) is 1. The van der Waals surface area contributed by atoms with Crippen molar-refractivity contribution in [3.05, 3.63) is 24.3 Å². The van der Waals surface area contributed by atoms with Crippen molar-refractivity contribution in [2.24, 2.45) is 0 Å². The molecule has 1 heterocycles. The van der Waals surface area contributed by atoms with E-state index in [0.29, 0.717) is 0 Å². The molecule has 1 saturated heterocycles. The molecule has 1 fully saturated rings. The standard InChI is InChI=1S/C14H21NO2/c1-11(2)17-14-5-3-12(4-6-14)15-9-7-13(16)8-10-15/h3-6,11,13,16H,7-10H2,1-2H3. The van der Waals surface area contributed by atoms with Crippen LogP contribution >= 0.6 is 0 Å². The van der Waals surface area contributed by atoms with E-state index in [0.717, 1.165) is 31.7 Å². The second kappa shape index (κ2) is 5.41. The van der Waals surface area contributed by atoms with Crippen molar-refractivity contribution in [1.29, 1.82) is 0 Å². The lowest BCUT2D eigenvalue weighted by Gasteiger charge is -2.31. The number of anilines is 1. The molecule has 3 heteroatoms. The van der Waals surface area contributed by atoms with Gasteiger partial charge >= 0.3 is 0 Å². The minimum Gasteiger partial charge on any atom is -0.491 e. The average Bonchev–Trinajstić information content (AvgIpc) is 2.30. The van der Waals surface area contributed by atoms with E-state index < -0.39 is 0 Å². The van der Waals surface area contributed by atoms with Gasteiger partial charge in [0.25, 0.3) is 0 Å². The number of aliphatic hydroxyl groups is 1. The number of rotatable bonds is 3. The van der Waals surface area contributed by atoms with Crippen LogP contribution in [0.4, 0.5) is 5.69 Å². The van der Waals surface area contributed by atoms with E-state index in [9.17, 15) is 5.11 Å². The van der Waals surface area contributed by atoms with E-state index in [1.54, 1.807) is 0 Å². The molecule has 0 amide bonds. The Labute approximate surface area is 103 Å². The second-order valence-electron chi connectivity index (χ2n) is 4.88. The van der Waals surface area contributed by atoms with Crippen LogP contribution in [0.25, 0.3) is 0 Å². The lowest BCUT2D eigenvalue weighted by Crippen LogP contribution is -2.35. The van der Waals surface area contributed by atoms with Crippen molar-refractivity contribution in [2.75, 3.05) is 18.0 Å². The van der Waals surface area contributed by atoms with Crippen molar-refractivity contribution in [1.82, 2.24) is 0 Å². The molecular formula is C14H21NO2. The summed E-state index contributed by atoms with van der Waals surface area (Å²) in [5, 5.41) is 9.47. The van der Waals surface area contributed by atoms with Crippen LogP contribution in [0.2, 0.25) is 0 Å². The molecule has 0 radical (unpaired) electrons. The summed E-state index contributed by atoms with van der Waals surface area (Å²) < 4.78 is 5.62. The van der Waals surface area contributed by atoms with Gasteiger partial charge in [-0.25, -0.2) is 0 Å². The second-order valence-corrected chi connectivity index (χ2v) is 4.88. The molecule has 0 unspecified atom stereocenters. The summed E-state index contributed by atoms with van der Waals surface area (Å²) in [4.78, 5) is 2.31. The van der Waals surface area contributed by atoms with E-state index in [1.165, 1.54) is 5.69 Å². The summed E-state index contributed by atoms with van der Waals surface area (Å²) in [6.45, 7) is 5.93. The van der Waals surface area contributed by atoms with Crippen molar-refractivity contribution in [3.63, 3.8) is 0 Å². The van der Waals surface area contributed by atoms with Crippen LogP contribution in [-0.2, 0) is 0 Å². The van der Waals surface area contributed by atoms with Gasteiger partial charge in [-0.2, -0.15) is 0 Å². The predicted molar refractivity (Wildman–Crippen MR) is 69.7 cm³/mol. The third kappa shape index (κ3) is 3.37. The largest absolute Gasteiger partial charge is 0.491 e. The fourth-order valence-corrected chi connectivity index (χ4v) is 2.13. The van der Waals surface area contributed by atoms with Crippen molar-refractivity contribution in [3.8, 4) is 5.75 Å². The van der Waals surface area contributed by atoms with E-state index in [4.69, 9.17) is 4.74 Å². The number of aliphatic hydroxyl groups excluding tert-OH is 1. The van der Waals surface area contributed by atoms with Gasteiger partial charge < -0.3 is 14.7 Å². The number of benzene rings is 1. The SMILES string of the molecule is CC(C)Oc1ccc(N2CCC(O)CC2)cc1. The van der Waals surface area contributed by atoms with E-state index in [2.05, 4.69) is 17.0 Å². The van der Waals surface area contributed by atoms with E-state index >= 15 is 0 Å². The Morgan fingerprint density at radius 1 is 1.18 bits per heavy atom. The molecule has 2 rings (SSSR count). The van der Waals surface area contributed by atoms with Gasteiger partial charge in [0, 0.05) is 18.8 Å². The zero-order valence-electron chi connectivity index (χ0n) is 10.6. The molecule has 3 nitrogen and oxygen atoms in total. The molecular weight excluding hydrogens is 214 g/mol. The maximum Gasteiger partial charge on any atom is 0.119 e. The predicted octanol–water partition coefficient (Wildman–Crippen LogP) is 2.43. The molecule has 0 aliphatic carbocycles. The summed E-state index contributed by atoms with van der Waals surface area (Å²) in [5.41, 5.74) is 1.22. The molecule has 1 aromatic carbocycles. The summed E-state index contributed by atoms with van der Waals surface area (Å²) in [7, 11) is 0. The number of ether oxygens (including phenoxy) is 1. The zero-order valence-corrected chi connectivity index (χ0v) is 10.6. The van der Waals surface area contributed by atoms with Crippen molar-refractivity contribution >= 4 is 5.69 Å². The van der Waals surface area contributed by atoms with Gasteiger partial charge in [0.15, 0.2) is 0 Å². The summed E-state index contributed by atoms with van der Waals surface area (Å²) in [6.07, 6.45) is 1.83. The molecule has 1 N–H and O–H groups in total. The molecule has 1 aliphatic rings. The zero-order chi connectivity index (χ0) is 12.3. The molecule has 0 saturated carbocycles. The highest BCUT2D eigenvalue weighted by Crippen LogP contribution is 2.23. The number of hydrogen-bond acceptors (Lipinski definition) is 3. The maximum atomic E-state index is 9.47. The molecule has 94 valence electrons. The van der Waals surface area contributed by atoms with Crippen molar-refractivity contribution in [2.45, 2.75) is 38.9 Å². The van der Waals surface area contributed by atoms with Gasteiger partial charge in [-0.05, 0) is 51.0 Å². The van der Waals surface area contributed by atoms with E-state index in [1.807, 2.05) is 26.0 Å². The average molecular weight is 235 g/mol. The third-order valence-electron chi connectivity index (χ3n) is 3.04. The van der Waals surface area contributed by atoms with Crippen LogP contribution in [0.1, 0.15) is 26.7 Å². The summed E-state index contributed by atoms with van der Waals surface area (Å²) in [6, 6.07) is 8.21. The minimum absolute atomic E-state index is 0.116. The molecule has 17 heavy (non-hydrogen) atoms. The molecule has 0 aromatic heterocycles. The Hall–Kier alpha value is -1.22. The lowest BCUT2D eigenvalue weighted by molar-refractivity contribution is 0.145. The van der Waals surface area contributed by atoms with E-state index in [-0.39, 0.29) is 12.2 Å². The smallest absolute Gasteiger partial charge is 0.119 e. The van der Waals surface area contributed by atoms with Crippen LogP contribution in [0.5, 0.6) is 5.75 Å². The van der Waals surface area contributed by atoms with Gasteiger partial charge in [0.2, 0.25) is 0 Å². The summed E-state index contributed by atoms with van der Waals surface area (Å²) >= 11 is 0. The molecule has 0 bridgehead atoms. The summed E-state index contributed by atoms with van der Waals surface area (Å²) in [5.74, 6) is 0.917. The lowest BCUT2D eigenvalue weighted by atomic mass is 10.1. The maximum absolute atomic E-state index is 9.47. The van der Waals surface area contributed by atoms with Gasteiger partial charge in [-0.1, -0.05) is 0 Å². The van der Waals surface area contributed by atoms with Crippen LogP contribution in [0.15, 0.2) is 24.3 Å². The normalized spacial score (nSPS) is 17.5. The van der Waals surface area contributed by atoms with Crippen LogP contribution in [0.3, 0.4) is 0 Å². The van der Waals surface area contributed by atoms with Crippen LogP contribution in [-0.4, -0.2) is 30.4 Å². The Balaban J connectivity index is 1.97. The van der Waals surface area contributed by atoms with Crippen LogP contribution < -0.4 is 9.64 Å². The van der Waals surface area contributed by atoms with Gasteiger partial charge in [0.05, 0.1) is 12.2 Å². The highest BCUT2D eigenvalue weighted by Gasteiger charge is 2.16. The minimum atomic E-state index is -0.116. The van der Waals surface area contributed by atoms with Gasteiger partial charge in [0.1, 0.15) is 5.75 Å². The molecule has 1 aliphatic heterocycles. The molecule has 1 aromatic rings. The first-order chi connectivity index (χ1) is 8.15. The Bertz CT molecular complexity index is 340. The topological polar surface area (TPSA) is 32.7 Å². The monoisotopic (exact) mass is 235 g/mol. The highest BCUT2D eigenvalue weighted by molar-refractivity contribution is 5.49. The Kier molecular flexibility index (Phi) is 3.89. The first-order valence-corrected chi connectivity index (χ1v) is 6.35. The number of piperidine rings is 1. The first-order valence-electron chi connectivity index (χ1n) is 6.35. The van der Waals surface area contributed by atoms with Crippen molar-refractivity contribution < 1.29 is 9.84 Å². The highest BCUT2D eigenvalue weighted by atomic mass is 16.5. The fourth-order valence-electron chi connectivity index (χ4n) is 2.13.